The van der Waals surface area contributed by atoms with Gasteiger partial charge in [0.25, 0.3) is 5.69 Å². The Morgan fingerprint density at radius 3 is 2.48 bits per heavy atom. The van der Waals surface area contributed by atoms with E-state index in [-0.39, 0.29) is 13.1 Å². The lowest BCUT2D eigenvalue weighted by atomic mass is 10.0. The second kappa shape index (κ2) is 5.86. The van der Waals surface area contributed by atoms with Crippen molar-refractivity contribution in [2.75, 3.05) is 26.2 Å². The summed E-state index contributed by atoms with van der Waals surface area (Å²) in [6, 6.07) is 0.614. The van der Waals surface area contributed by atoms with Crippen LogP contribution >= 0.6 is 0 Å². The molecular formula is C12H14F3N3O3. The van der Waals surface area contributed by atoms with Gasteiger partial charge in [-0.1, -0.05) is 0 Å². The molecule has 1 aromatic carbocycles. The lowest BCUT2D eigenvalue weighted by Crippen LogP contribution is -2.49. The number of hydrogen-bond acceptors (Lipinski definition) is 5. The largest absolute Gasteiger partial charge is 0.508 e. The minimum Gasteiger partial charge on any atom is -0.508 e. The summed E-state index contributed by atoms with van der Waals surface area (Å²) in [5.41, 5.74) is -1.18. The highest BCUT2D eigenvalue weighted by molar-refractivity contribution is 5.47. The van der Waals surface area contributed by atoms with E-state index >= 15 is 0 Å². The topological polar surface area (TPSA) is 78.6 Å². The molecule has 0 bridgehead atoms. The molecule has 0 radical (unpaired) electrons. The van der Waals surface area contributed by atoms with Crippen molar-refractivity contribution in [3.05, 3.63) is 33.9 Å². The van der Waals surface area contributed by atoms with Crippen LogP contribution in [0.4, 0.5) is 18.9 Å². The highest BCUT2D eigenvalue weighted by Gasteiger charge is 2.47. The summed E-state index contributed by atoms with van der Waals surface area (Å²) in [7, 11) is 0. The fourth-order valence-corrected chi connectivity index (χ4v) is 2.45. The third-order valence-corrected chi connectivity index (χ3v) is 3.33. The summed E-state index contributed by atoms with van der Waals surface area (Å²) in [5, 5.41) is 23.3. The SMILES string of the molecule is O=[N+]([O-])c1ccc(O)cc1[C@@H](N1CCNCC1)C(F)(F)F. The Morgan fingerprint density at radius 2 is 1.95 bits per heavy atom. The summed E-state index contributed by atoms with van der Waals surface area (Å²) in [6.07, 6.45) is -4.67. The normalized spacial score (nSPS) is 18.4. The molecular weight excluding hydrogens is 291 g/mol. The van der Waals surface area contributed by atoms with Crippen molar-refractivity contribution in [3.8, 4) is 5.75 Å². The molecule has 0 aliphatic carbocycles. The van der Waals surface area contributed by atoms with Crippen molar-refractivity contribution in [2.24, 2.45) is 0 Å². The number of nitrogens with one attached hydrogen (secondary N) is 1. The first-order chi connectivity index (χ1) is 9.80. The fourth-order valence-electron chi connectivity index (χ4n) is 2.45. The number of nitro groups is 1. The van der Waals surface area contributed by atoms with Gasteiger partial charge in [-0.25, -0.2) is 0 Å². The van der Waals surface area contributed by atoms with Crippen LogP contribution in [0.3, 0.4) is 0 Å². The number of nitrogens with zero attached hydrogens (tertiary/aromatic N) is 2. The van der Waals surface area contributed by atoms with E-state index in [4.69, 9.17) is 0 Å². The number of piperazine rings is 1. The summed E-state index contributed by atoms with van der Waals surface area (Å²) in [5.74, 6) is -0.431. The predicted octanol–water partition coefficient (Wildman–Crippen LogP) is 1.81. The fraction of sp³-hybridized carbons (Fsp3) is 0.500. The third-order valence-electron chi connectivity index (χ3n) is 3.33. The summed E-state index contributed by atoms with van der Waals surface area (Å²) in [4.78, 5) is 11.2. The third kappa shape index (κ3) is 3.42. The molecule has 1 aromatic rings. The molecule has 6 nitrogen and oxygen atoms in total. The maximum Gasteiger partial charge on any atom is 0.408 e. The minimum absolute atomic E-state index is 0.122. The van der Waals surface area contributed by atoms with Crippen molar-refractivity contribution in [2.45, 2.75) is 12.2 Å². The van der Waals surface area contributed by atoms with E-state index in [0.717, 1.165) is 23.1 Å². The van der Waals surface area contributed by atoms with Gasteiger partial charge >= 0.3 is 6.18 Å². The van der Waals surface area contributed by atoms with Crippen LogP contribution in [0.15, 0.2) is 18.2 Å². The summed E-state index contributed by atoms with van der Waals surface area (Å²) in [6.45, 7) is 0.992. The van der Waals surface area contributed by atoms with Crippen molar-refractivity contribution in [1.82, 2.24) is 10.2 Å². The monoisotopic (exact) mass is 305 g/mol. The van der Waals surface area contributed by atoms with Crippen LogP contribution in [-0.2, 0) is 0 Å². The number of alkyl halides is 3. The summed E-state index contributed by atoms with van der Waals surface area (Å²) >= 11 is 0. The van der Waals surface area contributed by atoms with Gasteiger partial charge in [-0.3, -0.25) is 15.0 Å². The molecule has 2 rings (SSSR count). The first-order valence-corrected chi connectivity index (χ1v) is 6.29. The number of nitro benzene ring substituents is 1. The van der Waals surface area contributed by atoms with Crippen molar-refractivity contribution >= 4 is 5.69 Å². The van der Waals surface area contributed by atoms with E-state index in [1.807, 2.05) is 0 Å². The average Bonchev–Trinajstić information content (AvgIpc) is 2.38. The zero-order chi connectivity index (χ0) is 15.6. The number of rotatable bonds is 3. The van der Waals surface area contributed by atoms with Crippen molar-refractivity contribution < 1.29 is 23.2 Å². The lowest BCUT2D eigenvalue weighted by Gasteiger charge is -2.35. The molecule has 1 heterocycles. The highest BCUT2D eigenvalue weighted by atomic mass is 19.4. The molecule has 21 heavy (non-hydrogen) atoms. The van der Waals surface area contributed by atoms with Crippen LogP contribution < -0.4 is 5.32 Å². The molecule has 116 valence electrons. The van der Waals surface area contributed by atoms with E-state index < -0.39 is 34.1 Å². The molecule has 9 heteroatoms. The lowest BCUT2D eigenvalue weighted by molar-refractivity contribution is -0.386. The zero-order valence-corrected chi connectivity index (χ0v) is 10.9. The standard InChI is InChI=1S/C12H14F3N3O3/c13-12(14,15)11(17-5-3-16-4-6-17)9-7-8(19)1-2-10(9)18(20)21/h1-2,7,11,16,19H,3-6H2/t11-/m1/s1. The second-order valence-corrected chi connectivity index (χ2v) is 4.73. The maximum absolute atomic E-state index is 13.4. The van der Waals surface area contributed by atoms with Crippen LogP contribution in [0.1, 0.15) is 11.6 Å². The molecule has 0 spiro atoms. The number of halogens is 3. The van der Waals surface area contributed by atoms with Gasteiger partial charge in [0.15, 0.2) is 0 Å². The Balaban J connectivity index is 2.50. The average molecular weight is 305 g/mol. The zero-order valence-electron chi connectivity index (χ0n) is 10.9. The van der Waals surface area contributed by atoms with E-state index in [1.54, 1.807) is 0 Å². The molecule has 1 atom stereocenters. The quantitative estimate of drug-likeness (QED) is 0.658. The Bertz CT molecular complexity index is 530. The van der Waals surface area contributed by atoms with Crippen LogP contribution in [0, 0.1) is 10.1 Å². The van der Waals surface area contributed by atoms with E-state index in [1.165, 1.54) is 0 Å². The Labute approximate surface area is 118 Å². The van der Waals surface area contributed by atoms with E-state index in [2.05, 4.69) is 5.32 Å². The van der Waals surface area contributed by atoms with Gasteiger partial charge in [0.2, 0.25) is 0 Å². The van der Waals surface area contributed by atoms with Gasteiger partial charge in [-0.05, 0) is 12.1 Å². The van der Waals surface area contributed by atoms with Gasteiger partial charge in [-0.15, -0.1) is 0 Å². The second-order valence-electron chi connectivity index (χ2n) is 4.73. The van der Waals surface area contributed by atoms with Crippen LogP contribution in [0.2, 0.25) is 0 Å². The molecule has 1 saturated heterocycles. The number of benzene rings is 1. The Kier molecular flexibility index (Phi) is 4.33. The molecule has 0 saturated carbocycles. The molecule has 0 amide bonds. The number of hydrogen-bond donors (Lipinski definition) is 2. The van der Waals surface area contributed by atoms with Gasteiger partial charge in [0.05, 0.1) is 10.5 Å². The van der Waals surface area contributed by atoms with Gasteiger partial charge in [0, 0.05) is 32.2 Å². The van der Waals surface area contributed by atoms with Crippen LogP contribution in [-0.4, -0.2) is 47.3 Å². The maximum atomic E-state index is 13.4. The molecule has 2 N–H and O–H groups in total. The number of phenolic OH excluding ortho intramolecular Hbond substituents is 1. The smallest absolute Gasteiger partial charge is 0.408 e. The number of phenols is 1. The van der Waals surface area contributed by atoms with E-state index in [9.17, 15) is 28.4 Å². The summed E-state index contributed by atoms with van der Waals surface area (Å²) < 4.78 is 40.2. The molecule has 1 aliphatic heterocycles. The predicted molar refractivity (Wildman–Crippen MR) is 68.0 cm³/mol. The van der Waals surface area contributed by atoms with Crippen LogP contribution in [0.25, 0.3) is 0 Å². The minimum atomic E-state index is -4.67. The first-order valence-electron chi connectivity index (χ1n) is 6.29. The molecule has 0 unspecified atom stereocenters. The van der Waals surface area contributed by atoms with Gasteiger partial charge in [-0.2, -0.15) is 13.2 Å². The highest BCUT2D eigenvalue weighted by Crippen LogP contribution is 2.42. The first kappa shape index (κ1) is 15.5. The van der Waals surface area contributed by atoms with Crippen LogP contribution in [0.5, 0.6) is 5.75 Å². The van der Waals surface area contributed by atoms with Gasteiger partial charge < -0.3 is 10.4 Å². The van der Waals surface area contributed by atoms with Crippen molar-refractivity contribution in [1.29, 1.82) is 0 Å². The Hall–Kier alpha value is -1.87. The van der Waals surface area contributed by atoms with E-state index in [0.29, 0.717) is 13.1 Å². The Morgan fingerprint density at radius 1 is 1.33 bits per heavy atom. The molecule has 0 aromatic heterocycles. The molecule has 1 fully saturated rings. The number of aromatic hydroxyl groups is 1. The molecule has 1 aliphatic rings. The van der Waals surface area contributed by atoms with Gasteiger partial charge in [0.1, 0.15) is 11.8 Å². The van der Waals surface area contributed by atoms with Crippen molar-refractivity contribution in [3.63, 3.8) is 0 Å².